The third kappa shape index (κ3) is 2.89. The van der Waals surface area contributed by atoms with Gasteiger partial charge < -0.3 is 15.5 Å². The fourth-order valence-corrected chi connectivity index (χ4v) is 2.62. The van der Waals surface area contributed by atoms with Gasteiger partial charge in [-0.05, 0) is 24.3 Å². The minimum atomic E-state index is -1.25. The molecule has 2 N–H and O–H groups in total. The molecule has 2 heterocycles. The monoisotopic (exact) mass is 312 g/mol. The third-order valence-electron chi connectivity index (χ3n) is 2.94. The zero-order valence-corrected chi connectivity index (χ0v) is 12.0. The molecule has 0 atom stereocenters. The molecule has 0 aliphatic carbocycles. The predicted octanol–water partition coefficient (Wildman–Crippen LogP) is 2.72. The Morgan fingerprint density at radius 3 is 2.73 bits per heavy atom. The van der Waals surface area contributed by atoms with Crippen molar-refractivity contribution < 1.29 is 15.0 Å². The first kappa shape index (κ1) is 14.0. The van der Waals surface area contributed by atoms with Gasteiger partial charge in [0, 0.05) is 29.0 Å². The van der Waals surface area contributed by atoms with Crippen molar-refractivity contribution in [1.29, 1.82) is 0 Å². The molecule has 0 spiro atoms. The van der Waals surface area contributed by atoms with Crippen molar-refractivity contribution in [1.82, 2.24) is 9.97 Å². The maximum absolute atomic E-state index is 11.4. The number of carboxylic acids is 1. The Morgan fingerprint density at radius 1 is 1.23 bits per heavy atom. The van der Waals surface area contributed by atoms with Crippen molar-refractivity contribution in [2.45, 2.75) is 0 Å². The van der Waals surface area contributed by atoms with Gasteiger partial charge in [0.2, 0.25) is 0 Å². The van der Waals surface area contributed by atoms with Gasteiger partial charge in [-0.25, -0.2) is 9.78 Å². The summed E-state index contributed by atoms with van der Waals surface area (Å²) in [5.41, 5.74) is 1.98. The number of carbonyl (C=O) groups is 1. The van der Waals surface area contributed by atoms with E-state index in [1.165, 1.54) is 29.5 Å². The van der Waals surface area contributed by atoms with Crippen LogP contribution in [0.4, 0.5) is 10.8 Å². The van der Waals surface area contributed by atoms with Gasteiger partial charge in [0.25, 0.3) is 0 Å². The average Bonchev–Trinajstić information content (AvgIpc) is 2.98. The van der Waals surface area contributed by atoms with Gasteiger partial charge in [-0.2, -0.15) is 0 Å². The minimum absolute atomic E-state index is 0.268. The highest BCUT2D eigenvalue weighted by Gasteiger charge is 2.08. The molecule has 3 rings (SSSR count). The number of benzene rings is 1. The number of aromatic carboxylic acids is 1. The maximum Gasteiger partial charge on any atom is 0.335 e. The summed E-state index contributed by atoms with van der Waals surface area (Å²) in [5.74, 6) is -1.76. The number of nitrogens with one attached hydrogen (secondary N) is 1. The first-order chi connectivity index (χ1) is 10.6. The van der Waals surface area contributed by atoms with Gasteiger partial charge in [-0.3, -0.25) is 4.98 Å². The smallest absolute Gasteiger partial charge is 0.335 e. The number of rotatable bonds is 4. The number of hydrogen-bond acceptors (Lipinski definition) is 6. The molecule has 0 saturated carbocycles. The molecule has 3 aromatic rings. The highest BCUT2D eigenvalue weighted by molar-refractivity contribution is 7.14. The molecule has 0 fully saturated rings. The highest BCUT2D eigenvalue weighted by Crippen LogP contribution is 2.28. The second-order valence-electron chi connectivity index (χ2n) is 4.41. The van der Waals surface area contributed by atoms with Crippen LogP contribution in [0.15, 0.2) is 48.1 Å². The van der Waals surface area contributed by atoms with Crippen LogP contribution in [-0.4, -0.2) is 21.0 Å². The third-order valence-corrected chi connectivity index (χ3v) is 3.70. The summed E-state index contributed by atoms with van der Waals surface area (Å²) >= 11 is 1.39. The number of pyridine rings is 1. The summed E-state index contributed by atoms with van der Waals surface area (Å²) in [4.78, 5) is 19.4. The summed E-state index contributed by atoms with van der Waals surface area (Å²) in [6.07, 6.45) is 3.38. The normalized spacial score (nSPS) is 10.4. The van der Waals surface area contributed by atoms with E-state index in [2.05, 4.69) is 15.3 Å². The second-order valence-corrected chi connectivity index (χ2v) is 5.27. The van der Waals surface area contributed by atoms with Crippen molar-refractivity contribution in [2.75, 3.05) is 5.32 Å². The zero-order chi connectivity index (χ0) is 15.5. The van der Waals surface area contributed by atoms with Crippen LogP contribution >= 0.6 is 11.3 Å². The molecular formula is C15H10N3O3S-. The van der Waals surface area contributed by atoms with Crippen LogP contribution in [0, 0.1) is 0 Å². The van der Waals surface area contributed by atoms with E-state index in [-0.39, 0.29) is 5.56 Å². The SMILES string of the molecule is O=C(O)c1cc(Nc2nc(-c3ccncc3)cs2)ccc1[O-]. The number of thiazole rings is 1. The van der Waals surface area contributed by atoms with Gasteiger partial charge in [0.15, 0.2) is 5.13 Å². The lowest BCUT2D eigenvalue weighted by Gasteiger charge is -2.11. The zero-order valence-electron chi connectivity index (χ0n) is 11.2. The fraction of sp³-hybridized carbons (Fsp3) is 0. The lowest BCUT2D eigenvalue weighted by molar-refractivity contribution is -0.268. The summed E-state index contributed by atoms with van der Waals surface area (Å²) in [6, 6.07) is 7.77. The summed E-state index contributed by atoms with van der Waals surface area (Å²) in [7, 11) is 0. The summed E-state index contributed by atoms with van der Waals surface area (Å²) in [5, 5.41) is 25.9. The second kappa shape index (κ2) is 5.82. The molecule has 0 radical (unpaired) electrons. The number of aromatic nitrogens is 2. The van der Waals surface area contributed by atoms with E-state index < -0.39 is 11.7 Å². The molecule has 6 nitrogen and oxygen atoms in total. The van der Waals surface area contributed by atoms with Crippen LogP contribution in [0.1, 0.15) is 10.4 Å². The van der Waals surface area contributed by atoms with Crippen molar-refractivity contribution in [3.63, 3.8) is 0 Å². The Hall–Kier alpha value is -2.93. The van der Waals surface area contributed by atoms with E-state index in [0.717, 1.165) is 11.3 Å². The van der Waals surface area contributed by atoms with E-state index >= 15 is 0 Å². The molecule has 0 bridgehead atoms. The summed E-state index contributed by atoms with van der Waals surface area (Å²) in [6.45, 7) is 0. The maximum atomic E-state index is 11.4. The van der Waals surface area contributed by atoms with Crippen molar-refractivity contribution in [2.24, 2.45) is 0 Å². The fourth-order valence-electron chi connectivity index (χ4n) is 1.88. The number of nitrogens with zero attached hydrogens (tertiary/aromatic N) is 2. The quantitative estimate of drug-likeness (QED) is 0.768. The molecule has 0 aliphatic rings. The Labute approximate surface area is 129 Å². The van der Waals surface area contributed by atoms with Crippen LogP contribution in [0.5, 0.6) is 5.75 Å². The Balaban J connectivity index is 1.84. The Kier molecular flexibility index (Phi) is 3.71. The lowest BCUT2D eigenvalue weighted by Crippen LogP contribution is -2.04. The molecule has 0 aliphatic heterocycles. The molecule has 0 saturated heterocycles. The molecule has 22 heavy (non-hydrogen) atoms. The molecular weight excluding hydrogens is 302 g/mol. The van der Waals surface area contributed by atoms with E-state index in [1.807, 2.05) is 17.5 Å². The highest BCUT2D eigenvalue weighted by atomic mass is 32.1. The van der Waals surface area contributed by atoms with Gasteiger partial charge in [-0.15, -0.1) is 11.3 Å². The minimum Gasteiger partial charge on any atom is -0.872 e. The Bertz CT molecular complexity index is 818. The van der Waals surface area contributed by atoms with Crippen LogP contribution in [0.3, 0.4) is 0 Å². The number of hydrogen-bond donors (Lipinski definition) is 2. The van der Waals surface area contributed by atoms with Crippen molar-refractivity contribution in [3.05, 3.63) is 53.7 Å². The number of anilines is 2. The van der Waals surface area contributed by atoms with Crippen LogP contribution in [0.25, 0.3) is 11.3 Å². The van der Waals surface area contributed by atoms with E-state index in [1.54, 1.807) is 12.4 Å². The van der Waals surface area contributed by atoms with Gasteiger partial charge in [-0.1, -0.05) is 11.8 Å². The van der Waals surface area contributed by atoms with E-state index in [9.17, 15) is 9.90 Å². The summed E-state index contributed by atoms with van der Waals surface area (Å²) < 4.78 is 0. The van der Waals surface area contributed by atoms with Crippen LogP contribution in [0.2, 0.25) is 0 Å². The molecule has 0 unspecified atom stereocenters. The van der Waals surface area contributed by atoms with Crippen LogP contribution < -0.4 is 10.4 Å². The average molecular weight is 312 g/mol. The Morgan fingerprint density at radius 2 is 2.00 bits per heavy atom. The predicted molar refractivity (Wildman–Crippen MR) is 81.5 cm³/mol. The van der Waals surface area contributed by atoms with Gasteiger partial charge >= 0.3 is 5.97 Å². The molecule has 1 aromatic carbocycles. The molecule has 7 heteroatoms. The van der Waals surface area contributed by atoms with Crippen LogP contribution in [-0.2, 0) is 0 Å². The molecule has 0 amide bonds. The first-order valence-electron chi connectivity index (χ1n) is 6.31. The van der Waals surface area contributed by atoms with Gasteiger partial charge in [0.1, 0.15) is 0 Å². The topological polar surface area (TPSA) is 98.2 Å². The first-order valence-corrected chi connectivity index (χ1v) is 7.19. The largest absolute Gasteiger partial charge is 0.872 e. The van der Waals surface area contributed by atoms with Crippen molar-refractivity contribution in [3.8, 4) is 17.0 Å². The number of carboxylic acid groups (broad SMARTS) is 1. The lowest BCUT2D eigenvalue weighted by atomic mass is 10.2. The molecule has 2 aromatic heterocycles. The standard InChI is InChI=1S/C15H11N3O3S/c19-13-2-1-10(7-11(13)14(20)21)17-15-18-12(8-22-15)9-3-5-16-6-4-9/h1-8,19H,(H,17,18)(H,20,21)/p-1. The van der Waals surface area contributed by atoms with Crippen molar-refractivity contribution >= 4 is 28.1 Å². The van der Waals surface area contributed by atoms with Gasteiger partial charge in [0.05, 0.1) is 11.3 Å². The van der Waals surface area contributed by atoms with E-state index in [0.29, 0.717) is 10.8 Å². The molecule has 110 valence electrons. The van der Waals surface area contributed by atoms with E-state index in [4.69, 9.17) is 5.11 Å².